The number of thiocarbonyl (C=S) groups is 1. The van der Waals surface area contributed by atoms with Gasteiger partial charge in [-0.2, -0.15) is 0 Å². The summed E-state index contributed by atoms with van der Waals surface area (Å²) in [6, 6.07) is 5.93. The van der Waals surface area contributed by atoms with Gasteiger partial charge >= 0.3 is 0 Å². The van der Waals surface area contributed by atoms with E-state index in [4.69, 9.17) is 22.7 Å². The Bertz CT molecular complexity index is 421. The molecule has 0 spiro atoms. The van der Waals surface area contributed by atoms with Crippen LogP contribution in [0.15, 0.2) is 18.2 Å². The molecule has 0 unspecified atom stereocenters. The first kappa shape index (κ1) is 15.9. The van der Waals surface area contributed by atoms with Crippen LogP contribution in [0.1, 0.15) is 11.1 Å². The van der Waals surface area contributed by atoms with Crippen molar-refractivity contribution in [3.8, 4) is 0 Å². The van der Waals surface area contributed by atoms with Crippen molar-refractivity contribution < 1.29 is 4.74 Å². The minimum absolute atomic E-state index is 0.416. The van der Waals surface area contributed by atoms with Crippen molar-refractivity contribution >= 4 is 22.9 Å². The Morgan fingerprint density at radius 3 is 2.74 bits per heavy atom. The van der Waals surface area contributed by atoms with E-state index in [0.717, 1.165) is 36.5 Å². The van der Waals surface area contributed by atoms with E-state index in [0.29, 0.717) is 11.6 Å². The zero-order valence-corrected chi connectivity index (χ0v) is 12.7. The van der Waals surface area contributed by atoms with Crippen LogP contribution in [-0.2, 0) is 4.74 Å². The van der Waals surface area contributed by atoms with Gasteiger partial charge < -0.3 is 20.7 Å². The van der Waals surface area contributed by atoms with Crippen molar-refractivity contribution in [2.24, 2.45) is 5.73 Å². The van der Waals surface area contributed by atoms with Crippen molar-refractivity contribution in [3.63, 3.8) is 0 Å². The molecule has 0 amide bonds. The third-order valence-corrected chi connectivity index (χ3v) is 2.99. The number of aryl methyl sites for hydroxylation is 1. The standard InChI is InChI=1S/C14H23N3OS/c1-11-5-4-6-12(14(15)19)13(11)16-7-9-18-10-8-17(2)3/h4-6,16H,7-10H2,1-3H3,(H2,15,19). The molecule has 1 aromatic carbocycles. The highest BCUT2D eigenvalue weighted by molar-refractivity contribution is 7.80. The number of nitrogens with one attached hydrogen (secondary N) is 1. The molecular formula is C14H23N3OS. The van der Waals surface area contributed by atoms with Crippen LogP contribution in [0.5, 0.6) is 0 Å². The Morgan fingerprint density at radius 1 is 1.37 bits per heavy atom. The molecule has 0 atom stereocenters. The van der Waals surface area contributed by atoms with E-state index in [1.807, 2.05) is 39.2 Å². The van der Waals surface area contributed by atoms with Gasteiger partial charge in [0.1, 0.15) is 4.99 Å². The third kappa shape index (κ3) is 5.55. The third-order valence-electron chi connectivity index (χ3n) is 2.77. The Kier molecular flexibility index (Phi) is 6.77. The van der Waals surface area contributed by atoms with Gasteiger partial charge in [-0.15, -0.1) is 0 Å². The summed E-state index contributed by atoms with van der Waals surface area (Å²) in [7, 11) is 4.06. The molecular weight excluding hydrogens is 258 g/mol. The molecule has 0 aliphatic heterocycles. The predicted octanol–water partition coefficient (Wildman–Crippen LogP) is 1.62. The van der Waals surface area contributed by atoms with Gasteiger partial charge in [-0.05, 0) is 32.6 Å². The summed E-state index contributed by atoms with van der Waals surface area (Å²) in [4.78, 5) is 2.51. The first-order valence-electron chi connectivity index (χ1n) is 6.38. The lowest BCUT2D eigenvalue weighted by Gasteiger charge is -2.14. The monoisotopic (exact) mass is 281 g/mol. The van der Waals surface area contributed by atoms with E-state index in [1.165, 1.54) is 0 Å². The maximum Gasteiger partial charge on any atom is 0.106 e. The summed E-state index contributed by atoms with van der Waals surface area (Å²) >= 11 is 5.06. The first-order chi connectivity index (χ1) is 9.02. The lowest BCUT2D eigenvalue weighted by atomic mass is 10.1. The van der Waals surface area contributed by atoms with Crippen LogP contribution >= 0.6 is 12.2 Å². The first-order valence-corrected chi connectivity index (χ1v) is 6.79. The minimum Gasteiger partial charge on any atom is -0.389 e. The fourth-order valence-electron chi connectivity index (χ4n) is 1.71. The Labute approximate surface area is 120 Å². The molecule has 0 fully saturated rings. The van der Waals surface area contributed by atoms with Gasteiger partial charge in [-0.1, -0.05) is 24.4 Å². The van der Waals surface area contributed by atoms with Crippen LogP contribution in [0.4, 0.5) is 5.69 Å². The van der Waals surface area contributed by atoms with E-state index >= 15 is 0 Å². The van der Waals surface area contributed by atoms with Gasteiger partial charge in [0.2, 0.25) is 0 Å². The van der Waals surface area contributed by atoms with Gasteiger partial charge in [-0.3, -0.25) is 0 Å². The number of para-hydroxylation sites is 1. The van der Waals surface area contributed by atoms with Crippen molar-refractivity contribution in [3.05, 3.63) is 29.3 Å². The number of rotatable bonds is 8. The van der Waals surface area contributed by atoms with Crippen molar-refractivity contribution in [2.75, 3.05) is 45.7 Å². The summed E-state index contributed by atoms with van der Waals surface area (Å²) in [6.45, 7) is 5.12. The SMILES string of the molecule is Cc1cccc(C(N)=S)c1NCCOCCN(C)C. The molecule has 0 radical (unpaired) electrons. The van der Waals surface area contributed by atoms with E-state index in [-0.39, 0.29) is 0 Å². The number of hydrogen-bond donors (Lipinski definition) is 2. The van der Waals surface area contributed by atoms with Crippen LogP contribution in [0.3, 0.4) is 0 Å². The number of nitrogens with two attached hydrogens (primary N) is 1. The van der Waals surface area contributed by atoms with Crippen LogP contribution in [0, 0.1) is 6.92 Å². The molecule has 0 aliphatic carbocycles. The molecule has 0 saturated heterocycles. The highest BCUT2D eigenvalue weighted by Gasteiger charge is 2.06. The van der Waals surface area contributed by atoms with E-state index in [2.05, 4.69) is 10.2 Å². The van der Waals surface area contributed by atoms with Crippen LogP contribution in [0.25, 0.3) is 0 Å². The van der Waals surface area contributed by atoms with E-state index < -0.39 is 0 Å². The largest absolute Gasteiger partial charge is 0.389 e. The van der Waals surface area contributed by atoms with Crippen LogP contribution in [0.2, 0.25) is 0 Å². The van der Waals surface area contributed by atoms with Crippen LogP contribution < -0.4 is 11.1 Å². The highest BCUT2D eigenvalue weighted by atomic mass is 32.1. The Morgan fingerprint density at radius 2 is 2.11 bits per heavy atom. The van der Waals surface area contributed by atoms with Crippen molar-refractivity contribution in [1.29, 1.82) is 0 Å². The molecule has 19 heavy (non-hydrogen) atoms. The lowest BCUT2D eigenvalue weighted by molar-refractivity contribution is 0.126. The lowest BCUT2D eigenvalue weighted by Crippen LogP contribution is -2.21. The van der Waals surface area contributed by atoms with E-state index in [1.54, 1.807) is 0 Å². The fraction of sp³-hybridized carbons (Fsp3) is 0.500. The molecule has 3 N–H and O–H groups in total. The molecule has 0 aromatic heterocycles. The smallest absolute Gasteiger partial charge is 0.106 e. The van der Waals surface area contributed by atoms with Crippen LogP contribution in [-0.4, -0.2) is 50.3 Å². The molecule has 1 rings (SSSR count). The van der Waals surface area contributed by atoms with Gasteiger partial charge in [0.15, 0.2) is 0 Å². The molecule has 106 valence electrons. The summed E-state index contributed by atoms with van der Waals surface area (Å²) in [6.07, 6.45) is 0. The van der Waals surface area contributed by atoms with Gasteiger partial charge in [-0.25, -0.2) is 0 Å². The van der Waals surface area contributed by atoms with E-state index in [9.17, 15) is 0 Å². The minimum atomic E-state index is 0.416. The summed E-state index contributed by atoms with van der Waals surface area (Å²) in [5, 5.41) is 3.34. The predicted molar refractivity (Wildman–Crippen MR) is 84.9 cm³/mol. The second-order valence-electron chi connectivity index (χ2n) is 4.70. The topological polar surface area (TPSA) is 50.5 Å². The maximum atomic E-state index is 5.72. The van der Waals surface area contributed by atoms with Crippen molar-refractivity contribution in [1.82, 2.24) is 4.90 Å². The van der Waals surface area contributed by atoms with Gasteiger partial charge in [0.25, 0.3) is 0 Å². The number of anilines is 1. The molecule has 0 saturated carbocycles. The zero-order valence-electron chi connectivity index (χ0n) is 11.9. The number of nitrogens with zero attached hydrogens (tertiary/aromatic N) is 1. The zero-order chi connectivity index (χ0) is 14.3. The summed E-state index contributed by atoms with van der Waals surface area (Å²) in [5.74, 6) is 0. The number of likely N-dealkylation sites (N-methyl/N-ethyl adjacent to an activating group) is 1. The summed E-state index contributed by atoms with van der Waals surface area (Å²) in [5.41, 5.74) is 8.76. The molecule has 0 bridgehead atoms. The molecule has 0 aliphatic rings. The number of benzene rings is 1. The average molecular weight is 281 g/mol. The maximum absolute atomic E-state index is 5.72. The highest BCUT2D eigenvalue weighted by Crippen LogP contribution is 2.20. The number of ether oxygens (including phenoxy) is 1. The fourth-order valence-corrected chi connectivity index (χ4v) is 1.88. The Balaban J connectivity index is 2.43. The molecule has 0 heterocycles. The molecule has 4 nitrogen and oxygen atoms in total. The summed E-state index contributed by atoms with van der Waals surface area (Å²) < 4.78 is 5.54. The second-order valence-corrected chi connectivity index (χ2v) is 5.14. The normalized spacial score (nSPS) is 10.7. The quantitative estimate of drug-likeness (QED) is 0.560. The molecule has 1 aromatic rings. The average Bonchev–Trinajstić information content (AvgIpc) is 2.34. The van der Waals surface area contributed by atoms with Crippen molar-refractivity contribution in [2.45, 2.75) is 6.92 Å². The molecule has 5 heteroatoms. The number of hydrogen-bond acceptors (Lipinski definition) is 4. The Hall–Kier alpha value is -1.17. The van der Waals surface area contributed by atoms with Gasteiger partial charge in [0.05, 0.1) is 13.2 Å². The van der Waals surface area contributed by atoms with Gasteiger partial charge in [0, 0.05) is 24.3 Å². The second kappa shape index (κ2) is 8.09.